The highest BCUT2D eigenvalue weighted by Gasteiger charge is 2.31. The van der Waals surface area contributed by atoms with Crippen LogP contribution in [0.3, 0.4) is 0 Å². The fourth-order valence-electron chi connectivity index (χ4n) is 15.7. The molecule has 3 saturated heterocycles. The minimum atomic E-state index is -0.150. The van der Waals surface area contributed by atoms with E-state index in [0.717, 1.165) is 118 Å². The Bertz CT molecular complexity index is 5760. The third-order valence-corrected chi connectivity index (χ3v) is 27.3. The summed E-state index contributed by atoms with van der Waals surface area (Å²) in [5, 5.41) is 5.92. The number of piperazine rings is 3. The first-order valence-electron chi connectivity index (χ1n) is 41.0. The Labute approximate surface area is 728 Å². The van der Waals surface area contributed by atoms with Crippen molar-refractivity contribution in [2.45, 2.75) is 79.3 Å². The molecule has 7 aliphatic heterocycles. The standard InChI is InChI=1S/2C26H24N2O2S.C25H23N3O3S.C23H20N2O2S/c2*1-18-6-9-21(10-7-18)27-12-14-28(15-13-27)26(30)19-8-11-24-20(16-19)17-23(29)22-4-2-3-5-25(22)31-24;1-31-19-9-7-18(8-10-19)27-12-14-28(15-13-27)25(30)17-6-11-23-21(16-17)26-24(29)20-4-2-3-5-22(20)32-23;1-2-25(15-16-8-4-3-5-9-16)23(27)17-12-13-21-19(14-17)24-22(26)18-10-6-7-11-20(18)28-21/h2*2-11,16H,12-15,17H2,1H3;2-11,16H,12-15H2,1H3,(H,26,29);3-14H,2,15H2,1H3,(H,24,26). The molecule has 0 aliphatic carbocycles. The molecule has 6 amide bonds. The van der Waals surface area contributed by atoms with Gasteiger partial charge in [0, 0.05) is 194 Å². The quantitative estimate of drug-likeness (QED) is 0.124. The lowest BCUT2D eigenvalue weighted by molar-refractivity contribution is 0.0739. The maximum absolute atomic E-state index is 13.2. The number of nitrogens with one attached hydrogen (secondary N) is 2. The fraction of sp³-hybridized carbons (Fsp3) is 0.200. The Kier molecular flexibility index (Phi) is 25.9. The van der Waals surface area contributed by atoms with Crippen LogP contribution in [0.4, 0.5) is 28.4 Å². The second kappa shape index (κ2) is 38.0. The number of benzene rings is 12. The van der Waals surface area contributed by atoms with Crippen LogP contribution in [-0.4, -0.2) is 159 Å². The second-order valence-electron chi connectivity index (χ2n) is 30.6. The van der Waals surface area contributed by atoms with Crippen LogP contribution in [0.5, 0.6) is 5.75 Å². The van der Waals surface area contributed by atoms with Crippen molar-refractivity contribution < 1.29 is 43.1 Å². The molecule has 12 aromatic carbocycles. The molecule has 18 nitrogen and oxygen atoms in total. The molecule has 12 aromatic rings. The first-order valence-corrected chi connectivity index (χ1v) is 44.2. The lowest BCUT2D eigenvalue weighted by atomic mass is 10.0. The van der Waals surface area contributed by atoms with E-state index < -0.39 is 0 Å². The molecular weight excluding hydrogens is 1600 g/mol. The van der Waals surface area contributed by atoms with Crippen LogP contribution in [-0.2, 0) is 19.4 Å². The molecule has 7 aliphatic rings. The van der Waals surface area contributed by atoms with E-state index in [2.05, 4.69) is 87.7 Å². The first kappa shape index (κ1) is 83.1. The maximum Gasteiger partial charge on any atom is 0.256 e. The van der Waals surface area contributed by atoms with Crippen LogP contribution in [0.15, 0.2) is 312 Å². The second-order valence-corrected chi connectivity index (χ2v) is 34.9. The predicted molar refractivity (Wildman–Crippen MR) is 487 cm³/mol. The van der Waals surface area contributed by atoms with E-state index in [1.165, 1.54) is 46.0 Å². The fourth-order valence-corrected chi connectivity index (χ4v) is 19.9. The SMILES string of the molecule is CCN(Cc1ccccc1)C(=O)c1ccc2c(c1)NC(=O)c1ccccc1S2.COc1ccc(N2CCN(C(=O)c3ccc4c(c3)NC(=O)c3ccccc3S4)CC2)cc1.Cc1ccc(N2CCN(C(=O)c3ccc4c(c3)CC(=O)c3ccccc3S4)CC2)cc1.Cc1ccc(N2CCN(C(=O)c3ccc4c(c3)CC(=O)c3ccccc3S4)CC2)cc1. The molecule has 22 heteroatoms. The van der Waals surface area contributed by atoms with Gasteiger partial charge in [-0.2, -0.15) is 0 Å². The van der Waals surface area contributed by atoms with Crippen molar-refractivity contribution in [3.05, 3.63) is 345 Å². The lowest BCUT2D eigenvalue weighted by Gasteiger charge is -2.36. The molecule has 7 heterocycles. The predicted octanol–water partition coefficient (Wildman–Crippen LogP) is 19.1. The third-order valence-electron chi connectivity index (χ3n) is 22.6. The van der Waals surface area contributed by atoms with Crippen LogP contribution in [0.2, 0.25) is 0 Å². The van der Waals surface area contributed by atoms with Gasteiger partial charge >= 0.3 is 0 Å². The van der Waals surface area contributed by atoms with Crippen molar-refractivity contribution >= 4 is 122 Å². The Morgan fingerprint density at radius 3 is 1.07 bits per heavy atom. The molecule has 0 atom stereocenters. The molecule has 0 radical (unpaired) electrons. The van der Waals surface area contributed by atoms with Gasteiger partial charge < -0.3 is 49.7 Å². The molecule has 3 fully saturated rings. The van der Waals surface area contributed by atoms with Crippen molar-refractivity contribution in [1.29, 1.82) is 0 Å². The highest BCUT2D eigenvalue weighted by Crippen LogP contribution is 2.43. The van der Waals surface area contributed by atoms with E-state index in [1.807, 2.05) is 234 Å². The topological polar surface area (TPSA) is 193 Å². The summed E-state index contributed by atoms with van der Waals surface area (Å²) in [4.78, 5) is 125. The summed E-state index contributed by atoms with van der Waals surface area (Å²) >= 11 is 6.29. The van der Waals surface area contributed by atoms with Gasteiger partial charge in [0.1, 0.15) is 5.75 Å². The van der Waals surface area contributed by atoms with Crippen molar-refractivity contribution in [2.75, 3.05) is 118 Å². The lowest BCUT2D eigenvalue weighted by Crippen LogP contribution is -2.48. The van der Waals surface area contributed by atoms with Crippen LogP contribution < -0.4 is 30.1 Å². The van der Waals surface area contributed by atoms with Gasteiger partial charge in [0.05, 0.1) is 29.6 Å². The van der Waals surface area contributed by atoms with Crippen LogP contribution in [0.25, 0.3) is 0 Å². The van der Waals surface area contributed by atoms with E-state index in [0.29, 0.717) is 110 Å². The van der Waals surface area contributed by atoms with Crippen molar-refractivity contribution in [2.24, 2.45) is 0 Å². The van der Waals surface area contributed by atoms with E-state index in [-0.39, 0.29) is 47.0 Å². The molecule has 0 unspecified atom stereocenters. The zero-order chi connectivity index (χ0) is 84.3. The average molecular weight is 1690 g/mol. The molecule has 122 heavy (non-hydrogen) atoms. The maximum atomic E-state index is 13.2. The molecule has 0 saturated carbocycles. The number of hydrogen-bond donors (Lipinski definition) is 2. The molecule has 19 rings (SSSR count). The van der Waals surface area contributed by atoms with E-state index in [9.17, 15) is 38.4 Å². The van der Waals surface area contributed by atoms with Crippen LogP contribution in [0.1, 0.15) is 118 Å². The summed E-state index contributed by atoms with van der Waals surface area (Å²) in [6.07, 6.45) is 0.670. The average Bonchev–Trinajstić information content (AvgIpc) is 1.63. The van der Waals surface area contributed by atoms with Gasteiger partial charge in [-0.05, 0) is 195 Å². The summed E-state index contributed by atoms with van der Waals surface area (Å²) in [5.74, 6) is 0.789. The van der Waals surface area contributed by atoms with E-state index in [4.69, 9.17) is 4.74 Å². The number of ketones is 2. The van der Waals surface area contributed by atoms with Gasteiger partial charge in [0.25, 0.3) is 35.4 Å². The van der Waals surface area contributed by atoms with Crippen LogP contribution in [0, 0.1) is 13.8 Å². The largest absolute Gasteiger partial charge is 0.497 e. The van der Waals surface area contributed by atoms with Gasteiger partial charge in [-0.15, -0.1) is 0 Å². The smallest absolute Gasteiger partial charge is 0.256 e. The molecule has 2 N–H and O–H groups in total. The summed E-state index contributed by atoms with van der Waals surface area (Å²) in [5.41, 5.74) is 15.7. The van der Waals surface area contributed by atoms with Crippen molar-refractivity contribution in [1.82, 2.24) is 19.6 Å². The van der Waals surface area contributed by atoms with Gasteiger partial charge in [-0.3, -0.25) is 38.4 Å². The molecule has 0 bridgehead atoms. The molecule has 614 valence electrons. The normalized spacial score (nSPS) is 14.9. The number of methoxy groups -OCH3 is 1. The van der Waals surface area contributed by atoms with Gasteiger partial charge in [0.2, 0.25) is 0 Å². The number of Topliss-reactive ketones (excluding diaryl/α,β-unsaturated/α-hetero) is 2. The highest BCUT2D eigenvalue weighted by atomic mass is 32.2. The van der Waals surface area contributed by atoms with E-state index in [1.54, 1.807) is 47.7 Å². The van der Waals surface area contributed by atoms with Gasteiger partial charge in [0.15, 0.2) is 11.6 Å². The molecule has 0 spiro atoms. The number of aryl methyl sites for hydroxylation is 2. The minimum Gasteiger partial charge on any atom is -0.497 e. The summed E-state index contributed by atoms with van der Waals surface area (Å²) in [6.45, 7) is 16.2. The van der Waals surface area contributed by atoms with Crippen LogP contribution >= 0.6 is 47.0 Å². The Hall–Kier alpha value is -12.6. The summed E-state index contributed by atoms with van der Waals surface area (Å²) in [6, 6.07) is 88.2. The van der Waals surface area contributed by atoms with Crippen molar-refractivity contribution in [3.8, 4) is 5.75 Å². The number of anilines is 5. The third kappa shape index (κ3) is 19.2. The Morgan fingerprint density at radius 1 is 0.352 bits per heavy atom. The number of carbonyl (C=O) groups excluding carboxylic acids is 8. The van der Waals surface area contributed by atoms with Crippen molar-refractivity contribution in [3.63, 3.8) is 0 Å². The zero-order valence-corrected chi connectivity index (χ0v) is 71.5. The van der Waals surface area contributed by atoms with Gasteiger partial charge in [-0.25, -0.2) is 0 Å². The number of nitrogens with zero attached hydrogens (tertiary/aromatic N) is 7. The number of rotatable bonds is 11. The number of hydrogen-bond acceptors (Lipinski definition) is 16. The number of carbonyl (C=O) groups is 8. The number of amides is 6. The zero-order valence-electron chi connectivity index (χ0n) is 68.2. The number of fused-ring (bicyclic) bond motifs is 8. The monoisotopic (exact) mass is 1690 g/mol. The van der Waals surface area contributed by atoms with E-state index >= 15 is 0 Å². The Morgan fingerprint density at radius 2 is 0.680 bits per heavy atom. The minimum absolute atomic E-state index is 0.0109. The van der Waals surface area contributed by atoms with Gasteiger partial charge in [-0.1, -0.05) is 173 Å². The Balaban J connectivity index is 0.000000121. The summed E-state index contributed by atoms with van der Waals surface area (Å²) < 4.78 is 5.23. The summed E-state index contributed by atoms with van der Waals surface area (Å²) in [7, 11) is 1.66. The first-order chi connectivity index (χ1) is 59.4. The molecule has 0 aromatic heterocycles. The molecular formula is C100H91N9O9S4. The highest BCUT2D eigenvalue weighted by molar-refractivity contribution is 8.00. The number of ether oxygens (including phenoxy) is 1.